The van der Waals surface area contributed by atoms with Crippen LogP contribution >= 0.6 is 0 Å². The molecular formula is C27H31N3. The number of aliphatic imine (C=N–C) groups is 2. The van der Waals surface area contributed by atoms with E-state index in [0.717, 1.165) is 59.9 Å². The molecule has 0 aliphatic heterocycles. The van der Waals surface area contributed by atoms with E-state index in [1.54, 1.807) is 0 Å². The Morgan fingerprint density at radius 1 is 0.633 bits per heavy atom. The SMILES string of the molecule is CCCc1ccc(/N=C(/C)c2cccc(/C(C)=N\c3ccc(CCC)cc3)n2)cc1. The van der Waals surface area contributed by atoms with Gasteiger partial charge in [0, 0.05) is 0 Å². The molecule has 1 aromatic heterocycles. The summed E-state index contributed by atoms with van der Waals surface area (Å²) >= 11 is 0. The smallest absolute Gasteiger partial charge is 0.0849 e. The summed E-state index contributed by atoms with van der Waals surface area (Å²) in [4.78, 5) is 14.3. The van der Waals surface area contributed by atoms with Gasteiger partial charge in [0.2, 0.25) is 0 Å². The number of aryl methyl sites for hydroxylation is 2. The van der Waals surface area contributed by atoms with Crippen LogP contribution in [0.3, 0.4) is 0 Å². The van der Waals surface area contributed by atoms with Gasteiger partial charge in [0.05, 0.1) is 34.2 Å². The molecule has 3 heteroatoms. The van der Waals surface area contributed by atoms with E-state index in [0.29, 0.717) is 0 Å². The lowest BCUT2D eigenvalue weighted by Gasteiger charge is -2.06. The summed E-state index contributed by atoms with van der Waals surface area (Å²) < 4.78 is 0. The zero-order chi connectivity index (χ0) is 21.3. The lowest BCUT2D eigenvalue weighted by molar-refractivity contribution is 0.922. The molecule has 0 aliphatic carbocycles. The van der Waals surface area contributed by atoms with Gasteiger partial charge in [-0.05, 0) is 74.2 Å². The van der Waals surface area contributed by atoms with Gasteiger partial charge in [0.25, 0.3) is 0 Å². The normalized spacial score (nSPS) is 12.3. The number of rotatable bonds is 8. The Balaban J connectivity index is 1.78. The van der Waals surface area contributed by atoms with Crippen LogP contribution in [0.2, 0.25) is 0 Å². The molecule has 0 unspecified atom stereocenters. The second-order valence-corrected chi connectivity index (χ2v) is 7.64. The van der Waals surface area contributed by atoms with E-state index in [4.69, 9.17) is 15.0 Å². The number of hydrogen-bond acceptors (Lipinski definition) is 3. The third kappa shape index (κ3) is 5.96. The van der Waals surface area contributed by atoms with Gasteiger partial charge < -0.3 is 0 Å². The van der Waals surface area contributed by atoms with Gasteiger partial charge in [-0.1, -0.05) is 57.0 Å². The zero-order valence-corrected chi connectivity index (χ0v) is 18.5. The maximum Gasteiger partial charge on any atom is 0.0849 e. The van der Waals surface area contributed by atoms with Crippen molar-refractivity contribution in [3.8, 4) is 0 Å². The number of aromatic nitrogens is 1. The minimum absolute atomic E-state index is 0.873. The van der Waals surface area contributed by atoms with Crippen LogP contribution in [0.4, 0.5) is 11.4 Å². The highest BCUT2D eigenvalue weighted by Crippen LogP contribution is 2.18. The van der Waals surface area contributed by atoms with E-state index >= 15 is 0 Å². The highest BCUT2D eigenvalue weighted by atomic mass is 14.8. The molecule has 1 heterocycles. The third-order valence-electron chi connectivity index (χ3n) is 5.03. The van der Waals surface area contributed by atoms with Crippen molar-refractivity contribution in [2.45, 2.75) is 53.4 Å². The summed E-state index contributed by atoms with van der Waals surface area (Å²) in [5, 5.41) is 0. The molecule has 0 fully saturated rings. The summed E-state index contributed by atoms with van der Waals surface area (Å²) in [6.07, 6.45) is 4.52. The van der Waals surface area contributed by atoms with Crippen molar-refractivity contribution in [1.29, 1.82) is 0 Å². The van der Waals surface area contributed by atoms with Crippen molar-refractivity contribution < 1.29 is 0 Å². The first-order chi connectivity index (χ1) is 14.6. The van der Waals surface area contributed by atoms with Crippen LogP contribution in [0, 0.1) is 0 Å². The molecule has 0 saturated carbocycles. The monoisotopic (exact) mass is 397 g/mol. The number of pyridine rings is 1. The average molecular weight is 398 g/mol. The Labute approximate surface area is 180 Å². The van der Waals surface area contributed by atoms with Gasteiger partial charge in [-0.25, -0.2) is 4.98 Å². The quantitative estimate of drug-likeness (QED) is 0.368. The van der Waals surface area contributed by atoms with Crippen LogP contribution in [0.25, 0.3) is 0 Å². The first kappa shape index (κ1) is 21.6. The maximum atomic E-state index is 4.80. The molecule has 0 aliphatic rings. The van der Waals surface area contributed by atoms with Crippen LogP contribution in [0.15, 0.2) is 76.7 Å². The van der Waals surface area contributed by atoms with E-state index in [9.17, 15) is 0 Å². The molecule has 3 aromatic rings. The van der Waals surface area contributed by atoms with E-state index in [2.05, 4.69) is 62.4 Å². The van der Waals surface area contributed by atoms with Crippen LogP contribution in [-0.2, 0) is 12.8 Å². The molecule has 0 spiro atoms. The second kappa shape index (κ2) is 10.6. The predicted molar refractivity (Wildman–Crippen MR) is 129 cm³/mol. The zero-order valence-electron chi connectivity index (χ0n) is 18.5. The van der Waals surface area contributed by atoms with Gasteiger partial charge in [-0.15, -0.1) is 0 Å². The fraction of sp³-hybridized carbons (Fsp3) is 0.296. The van der Waals surface area contributed by atoms with Gasteiger partial charge in [-0.2, -0.15) is 0 Å². The molecule has 3 rings (SSSR count). The van der Waals surface area contributed by atoms with Crippen LogP contribution in [-0.4, -0.2) is 16.4 Å². The standard InChI is InChI=1S/C27H31N3/c1-5-8-22-12-16-24(17-13-22)28-20(3)26-10-7-11-27(30-26)21(4)29-25-18-14-23(9-6-2)15-19-25/h7,10-19H,5-6,8-9H2,1-4H3/b28-20-,29-21-. The largest absolute Gasteiger partial charge is 0.252 e. The van der Waals surface area contributed by atoms with Crippen molar-refractivity contribution in [2.75, 3.05) is 0 Å². The summed E-state index contributed by atoms with van der Waals surface area (Å²) in [7, 11) is 0. The molecule has 154 valence electrons. The van der Waals surface area contributed by atoms with Crippen molar-refractivity contribution >= 4 is 22.8 Å². The van der Waals surface area contributed by atoms with Crippen LogP contribution < -0.4 is 0 Å². The molecule has 2 aromatic carbocycles. The first-order valence-electron chi connectivity index (χ1n) is 10.8. The molecular weight excluding hydrogens is 366 g/mol. The van der Waals surface area contributed by atoms with Gasteiger partial charge >= 0.3 is 0 Å². The number of hydrogen-bond donors (Lipinski definition) is 0. The summed E-state index contributed by atoms with van der Waals surface area (Å²) in [5.74, 6) is 0. The molecule has 0 bridgehead atoms. The molecule has 30 heavy (non-hydrogen) atoms. The summed E-state index contributed by atoms with van der Waals surface area (Å²) in [5.41, 5.74) is 8.16. The van der Waals surface area contributed by atoms with Crippen LogP contribution in [0.1, 0.15) is 63.1 Å². The molecule has 0 radical (unpaired) electrons. The van der Waals surface area contributed by atoms with Crippen molar-refractivity contribution in [3.63, 3.8) is 0 Å². The Bertz CT molecular complexity index is 932. The fourth-order valence-electron chi connectivity index (χ4n) is 3.39. The Morgan fingerprint density at radius 3 is 1.40 bits per heavy atom. The highest BCUT2D eigenvalue weighted by molar-refractivity contribution is 6.02. The van der Waals surface area contributed by atoms with Crippen molar-refractivity contribution in [2.24, 2.45) is 9.98 Å². The lowest BCUT2D eigenvalue weighted by Crippen LogP contribution is -2.05. The first-order valence-corrected chi connectivity index (χ1v) is 10.8. The van der Waals surface area contributed by atoms with E-state index < -0.39 is 0 Å². The van der Waals surface area contributed by atoms with Gasteiger partial charge in [0.1, 0.15) is 0 Å². The average Bonchev–Trinajstić information content (AvgIpc) is 2.77. The predicted octanol–water partition coefficient (Wildman–Crippen LogP) is 7.27. The fourth-order valence-corrected chi connectivity index (χ4v) is 3.39. The van der Waals surface area contributed by atoms with Crippen LogP contribution in [0.5, 0.6) is 0 Å². The third-order valence-corrected chi connectivity index (χ3v) is 5.03. The number of benzene rings is 2. The second-order valence-electron chi connectivity index (χ2n) is 7.64. The molecule has 0 N–H and O–H groups in total. The minimum atomic E-state index is 0.873. The van der Waals surface area contributed by atoms with Crippen molar-refractivity contribution in [3.05, 3.63) is 89.2 Å². The lowest BCUT2D eigenvalue weighted by atomic mass is 10.1. The Kier molecular flexibility index (Phi) is 7.67. The Morgan fingerprint density at radius 2 is 1.03 bits per heavy atom. The van der Waals surface area contributed by atoms with Crippen molar-refractivity contribution in [1.82, 2.24) is 4.98 Å². The molecule has 0 atom stereocenters. The van der Waals surface area contributed by atoms with E-state index in [1.807, 2.05) is 32.0 Å². The molecule has 0 saturated heterocycles. The van der Waals surface area contributed by atoms with E-state index in [1.165, 1.54) is 11.1 Å². The molecule has 0 amide bonds. The number of nitrogens with zero attached hydrogens (tertiary/aromatic N) is 3. The van der Waals surface area contributed by atoms with E-state index in [-0.39, 0.29) is 0 Å². The summed E-state index contributed by atoms with van der Waals surface area (Å²) in [6.45, 7) is 8.40. The van der Waals surface area contributed by atoms with Gasteiger partial charge in [-0.3, -0.25) is 9.98 Å². The molecule has 3 nitrogen and oxygen atoms in total. The minimum Gasteiger partial charge on any atom is -0.252 e. The summed E-state index contributed by atoms with van der Waals surface area (Å²) in [6, 6.07) is 22.9. The highest BCUT2D eigenvalue weighted by Gasteiger charge is 2.05. The maximum absolute atomic E-state index is 4.80. The Hall–Kier alpha value is -3.07. The van der Waals surface area contributed by atoms with Gasteiger partial charge in [0.15, 0.2) is 0 Å². The topological polar surface area (TPSA) is 37.6 Å².